The van der Waals surface area contributed by atoms with E-state index < -0.39 is 61.9 Å². The van der Waals surface area contributed by atoms with Crippen LogP contribution in [0, 0.1) is 0 Å². The molecule has 2 heterocycles. The third-order valence-electron chi connectivity index (χ3n) is 6.85. The molecule has 3 radical (unpaired) electrons. The summed E-state index contributed by atoms with van der Waals surface area (Å²) >= 11 is 0. The first kappa shape index (κ1) is 40.3. The molecule has 3 aromatic carbocycles. The first-order valence-electron chi connectivity index (χ1n) is 12.0. The van der Waals surface area contributed by atoms with E-state index in [4.69, 9.17) is 0 Å². The van der Waals surface area contributed by atoms with Crippen molar-refractivity contribution < 1.29 is 38.9 Å². The van der Waals surface area contributed by atoms with Gasteiger partial charge in [0.2, 0.25) is 4.87 Å². The Morgan fingerprint density at radius 1 is 0.556 bits per heavy atom. The van der Waals surface area contributed by atoms with Crippen molar-refractivity contribution in [3.8, 4) is 11.1 Å². The largest absolute Gasteiger partial charge is 0.313 e. The predicted molar refractivity (Wildman–Crippen MR) is 167 cm³/mol. The molecule has 3 atom stereocenters. The molecule has 3 unspecified atom stereocenters. The number of benzene rings is 3. The van der Waals surface area contributed by atoms with Crippen molar-refractivity contribution in [1.82, 2.24) is 10.3 Å². The fourth-order valence-electron chi connectivity index (χ4n) is 4.99. The zero-order chi connectivity index (χ0) is 30.4. The summed E-state index contributed by atoms with van der Waals surface area (Å²) in [7, 11) is -17.3. The minimum atomic E-state index is -5.89. The van der Waals surface area contributed by atoms with Crippen LogP contribution < -0.4 is 5.32 Å². The van der Waals surface area contributed by atoms with Gasteiger partial charge in [-0.25, -0.2) is 5.32 Å². The summed E-state index contributed by atoms with van der Waals surface area (Å²) in [4.78, 5) is -6.29. The van der Waals surface area contributed by atoms with Crippen molar-refractivity contribution in [2.24, 2.45) is 10.2 Å². The molecule has 0 amide bonds. The number of rotatable bonds is 7. The standard InChI is InChI=1S/C26H22N4O9S3.3Na/c31-40(32,33)24(21-12-6-2-7-13-21)25(41(34,35)36,22-14-8-3-9-15-22)29-30-26(28-24,42(37,38)39)23-18-20(16-17-27-23)19-10-4-1-5-11-19;;;/h1-18,28H,(H,31,32,33)(H,34,35,36)(H,37,38,39);;;. The summed E-state index contributed by atoms with van der Waals surface area (Å²) in [5, 5.41) is 9.50. The molecule has 19 heteroatoms. The SMILES string of the molecule is O=S(=O)(O)C1(c2cc(-c3ccccc3)ccn2)N=NC(c2ccccc2)(S(=O)(=O)O)C(c2ccccc2)(S(=O)(=O)O)N1.[Na].[Na].[Na]. The molecule has 45 heavy (non-hydrogen) atoms. The minimum Gasteiger partial charge on any atom is -0.284 e. The van der Waals surface area contributed by atoms with Crippen LogP contribution in [0.1, 0.15) is 16.8 Å². The maximum absolute atomic E-state index is 13.6. The Kier molecular flexibility index (Phi) is 13.2. The van der Waals surface area contributed by atoms with Gasteiger partial charge in [0.25, 0.3) is 15.0 Å². The summed E-state index contributed by atoms with van der Waals surface area (Å²) in [5.74, 6) is 0. The van der Waals surface area contributed by atoms with Gasteiger partial charge in [-0.05, 0) is 28.8 Å². The fourth-order valence-corrected chi connectivity index (χ4v) is 8.81. The molecule has 4 aromatic rings. The van der Waals surface area contributed by atoms with Crippen LogP contribution >= 0.6 is 0 Å². The van der Waals surface area contributed by atoms with Crippen LogP contribution in [-0.4, -0.2) is 133 Å². The zero-order valence-electron chi connectivity index (χ0n) is 24.2. The molecule has 221 valence electrons. The van der Waals surface area contributed by atoms with E-state index >= 15 is 0 Å². The van der Waals surface area contributed by atoms with Gasteiger partial charge in [-0.2, -0.15) is 30.4 Å². The molecule has 1 aliphatic heterocycles. The molecule has 1 aliphatic rings. The van der Waals surface area contributed by atoms with Crippen molar-refractivity contribution in [1.29, 1.82) is 0 Å². The normalized spacial score (nSPS) is 23.1. The number of hydrogen-bond acceptors (Lipinski definition) is 10. The van der Waals surface area contributed by atoms with E-state index in [0.717, 1.165) is 36.5 Å². The fraction of sp³-hybridized carbons (Fsp3) is 0.115. The van der Waals surface area contributed by atoms with Crippen LogP contribution in [-0.2, 0) is 45.1 Å². The Hall–Kier alpha value is -0.900. The third kappa shape index (κ3) is 6.72. The van der Waals surface area contributed by atoms with Crippen LogP contribution in [0.2, 0.25) is 0 Å². The number of azo groups is 1. The van der Waals surface area contributed by atoms with Gasteiger partial charge in [0.1, 0.15) is 5.69 Å². The molecule has 13 nitrogen and oxygen atoms in total. The first-order valence-corrected chi connectivity index (χ1v) is 16.3. The number of nitrogens with zero attached hydrogens (tertiary/aromatic N) is 3. The van der Waals surface area contributed by atoms with Crippen LogP contribution in [0.15, 0.2) is 120 Å². The third-order valence-corrected chi connectivity index (χ3v) is 10.9. The molecule has 5 rings (SSSR count). The second-order valence-corrected chi connectivity index (χ2v) is 13.9. The Balaban J connectivity index is 0.00000235. The molecule has 1 aromatic heterocycles. The van der Waals surface area contributed by atoms with Gasteiger partial charge in [-0.15, -0.1) is 5.11 Å². The molecule has 0 saturated carbocycles. The smallest absolute Gasteiger partial charge is 0.284 e. The number of hydrogen-bond donors (Lipinski definition) is 4. The minimum absolute atomic E-state index is 0. The van der Waals surface area contributed by atoms with Crippen molar-refractivity contribution in [2.75, 3.05) is 0 Å². The van der Waals surface area contributed by atoms with Gasteiger partial charge >= 0.3 is 25.2 Å². The average Bonchev–Trinajstić information content (AvgIpc) is 2.96. The summed E-state index contributed by atoms with van der Waals surface area (Å²) in [5.41, 5.74) is -0.788. The quantitative estimate of drug-likeness (QED) is 0.162. The van der Waals surface area contributed by atoms with Crippen molar-refractivity contribution in [3.05, 3.63) is 126 Å². The molecular formula is C26H22N4Na3O9S3. The topological polar surface area (TPSA) is 213 Å². The van der Waals surface area contributed by atoms with Crippen molar-refractivity contribution in [3.63, 3.8) is 0 Å². The van der Waals surface area contributed by atoms with Crippen LogP contribution in [0.25, 0.3) is 11.1 Å². The zero-order valence-corrected chi connectivity index (χ0v) is 32.7. The molecule has 0 aliphatic carbocycles. The summed E-state index contributed by atoms with van der Waals surface area (Å²) in [6.45, 7) is 0. The van der Waals surface area contributed by atoms with E-state index in [1.54, 1.807) is 30.3 Å². The van der Waals surface area contributed by atoms with Gasteiger partial charge < -0.3 is 0 Å². The van der Waals surface area contributed by atoms with E-state index in [1.807, 2.05) is 0 Å². The Bertz CT molecular complexity index is 2010. The second-order valence-electron chi connectivity index (χ2n) is 9.25. The van der Waals surface area contributed by atoms with Gasteiger partial charge in [0, 0.05) is 100 Å². The van der Waals surface area contributed by atoms with E-state index in [0.29, 0.717) is 11.1 Å². The molecule has 4 N–H and O–H groups in total. The van der Waals surface area contributed by atoms with E-state index in [-0.39, 0.29) is 88.7 Å². The van der Waals surface area contributed by atoms with Gasteiger partial charge in [0.15, 0.2) is 0 Å². The van der Waals surface area contributed by atoms with E-state index in [9.17, 15) is 38.9 Å². The van der Waals surface area contributed by atoms with Gasteiger partial charge in [-0.1, -0.05) is 91.0 Å². The van der Waals surface area contributed by atoms with Crippen LogP contribution in [0.5, 0.6) is 0 Å². The summed E-state index contributed by atoms with van der Waals surface area (Å²) in [6, 6.07) is 23.5. The Labute approximate surface area is 326 Å². The van der Waals surface area contributed by atoms with Crippen LogP contribution in [0.4, 0.5) is 0 Å². The maximum Gasteiger partial charge on any atom is 0.313 e. The predicted octanol–water partition coefficient (Wildman–Crippen LogP) is 2.14. The summed E-state index contributed by atoms with van der Waals surface area (Å²) in [6.07, 6.45) is 1.15. The molecule has 0 spiro atoms. The van der Waals surface area contributed by atoms with Crippen molar-refractivity contribution in [2.45, 2.75) is 14.7 Å². The Morgan fingerprint density at radius 2 is 1.04 bits per heavy atom. The van der Waals surface area contributed by atoms with Gasteiger partial charge in [-0.3, -0.25) is 18.6 Å². The molecular weight excluding hydrogens is 677 g/mol. The molecule has 0 fully saturated rings. The number of aromatic nitrogens is 1. The summed E-state index contributed by atoms with van der Waals surface area (Å²) < 4.78 is 113. The maximum atomic E-state index is 13.6. The average molecular weight is 700 g/mol. The van der Waals surface area contributed by atoms with E-state index in [1.165, 1.54) is 42.5 Å². The number of nitrogens with one attached hydrogen (secondary N) is 1. The molecule has 0 bridgehead atoms. The van der Waals surface area contributed by atoms with Gasteiger partial charge in [0.05, 0.1) is 0 Å². The monoisotopic (exact) mass is 699 g/mol. The molecule has 0 saturated heterocycles. The number of pyridine rings is 1. The van der Waals surface area contributed by atoms with Crippen LogP contribution in [0.3, 0.4) is 0 Å². The first-order chi connectivity index (χ1) is 19.7. The van der Waals surface area contributed by atoms with Crippen molar-refractivity contribution >= 4 is 119 Å². The van der Waals surface area contributed by atoms with E-state index in [2.05, 4.69) is 20.5 Å². The Morgan fingerprint density at radius 3 is 1.51 bits per heavy atom. The second kappa shape index (κ2) is 14.7.